The van der Waals surface area contributed by atoms with Crippen LogP contribution in [0.3, 0.4) is 0 Å². The highest BCUT2D eigenvalue weighted by Crippen LogP contribution is 2.36. The minimum atomic E-state index is -0.727. The molecule has 7 heteroatoms. The van der Waals surface area contributed by atoms with Crippen molar-refractivity contribution in [3.63, 3.8) is 0 Å². The van der Waals surface area contributed by atoms with Crippen molar-refractivity contribution >= 4 is 28.2 Å². The van der Waals surface area contributed by atoms with Crippen LogP contribution >= 0.6 is 15.9 Å². The summed E-state index contributed by atoms with van der Waals surface area (Å²) >= 11 is 3.45. The molecule has 0 aliphatic heterocycles. The summed E-state index contributed by atoms with van der Waals surface area (Å²) in [4.78, 5) is 10.6. The Morgan fingerprint density at radius 2 is 2.09 bits per heavy atom. The Bertz CT molecular complexity index is 705. The first-order valence-corrected chi connectivity index (χ1v) is 7.52. The van der Waals surface area contributed by atoms with Crippen LogP contribution in [-0.4, -0.2) is 19.4 Å². The lowest BCUT2D eigenvalue weighted by atomic mass is 10.2. The first-order chi connectivity index (χ1) is 11.1. The maximum Gasteiger partial charge on any atom is 0.332 e. The van der Waals surface area contributed by atoms with E-state index in [9.17, 15) is 4.79 Å². The molecule has 0 spiro atoms. The van der Waals surface area contributed by atoms with Crippen molar-refractivity contribution in [3.05, 3.63) is 58.1 Å². The Hall–Kier alpha value is -2.54. The van der Waals surface area contributed by atoms with Crippen LogP contribution in [0.1, 0.15) is 11.1 Å². The molecule has 0 atom stereocenters. The molecule has 23 heavy (non-hydrogen) atoms. The number of rotatable bonds is 6. The SMILES string of the molecule is COc1cc(/C=N\NC(N)=O)cc(Br)c1OCc1ccccc1. The Kier molecular flexibility index (Phi) is 5.99. The topological polar surface area (TPSA) is 85.9 Å². The smallest absolute Gasteiger partial charge is 0.332 e. The molecule has 2 aromatic rings. The quantitative estimate of drug-likeness (QED) is 0.599. The number of nitrogens with one attached hydrogen (secondary N) is 1. The summed E-state index contributed by atoms with van der Waals surface area (Å²) in [5.74, 6) is 1.15. The molecule has 0 heterocycles. The summed E-state index contributed by atoms with van der Waals surface area (Å²) in [6.07, 6.45) is 1.46. The third kappa shape index (κ3) is 5.00. The zero-order valence-electron chi connectivity index (χ0n) is 12.5. The van der Waals surface area contributed by atoms with Gasteiger partial charge in [-0.25, -0.2) is 10.2 Å². The van der Waals surface area contributed by atoms with Crippen molar-refractivity contribution in [1.29, 1.82) is 0 Å². The normalized spacial score (nSPS) is 10.5. The number of methoxy groups -OCH3 is 1. The Labute approximate surface area is 142 Å². The first-order valence-electron chi connectivity index (χ1n) is 6.73. The van der Waals surface area contributed by atoms with Crippen LogP contribution in [0.4, 0.5) is 4.79 Å². The Morgan fingerprint density at radius 3 is 2.74 bits per heavy atom. The van der Waals surface area contributed by atoms with Gasteiger partial charge >= 0.3 is 6.03 Å². The van der Waals surface area contributed by atoms with E-state index in [0.29, 0.717) is 22.6 Å². The fraction of sp³-hybridized carbons (Fsp3) is 0.125. The molecule has 2 amide bonds. The van der Waals surface area contributed by atoms with Gasteiger partial charge in [0.15, 0.2) is 11.5 Å². The fourth-order valence-electron chi connectivity index (χ4n) is 1.85. The molecule has 3 N–H and O–H groups in total. The fourth-order valence-corrected chi connectivity index (χ4v) is 2.43. The number of ether oxygens (including phenoxy) is 2. The van der Waals surface area contributed by atoms with Gasteiger partial charge in [0.25, 0.3) is 0 Å². The lowest BCUT2D eigenvalue weighted by Crippen LogP contribution is -2.24. The van der Waals surface area contributed by atoms with E-state index >= 15 is 0 Å². The van der Waals surface area contributed by atoms with Gasteiger partial charge in [-0.1, -0.05) is 30.3 Å². The number of nitrogens with zero attached hydrogens (tertiary/aromatic N) is 1. The maximum absolute atomic E-state index is 10.6. The highest BCUT2D eigenvalue weighted by Gasteiger charge is 2.11. The average molecular weight is 378 g/mol. The third-order valence-electron chi connectivity index (χ3n) is 2.87. The highest BCUT2D eigenvalue weighted by molar-refractivity contribution is 9.10. The maximum atomic E-state index is 10.6. The van der Waals surface area contributed by atoms with Crippen LogP contribution in [-0.2, 0) is 6.61 Å². The standard InChI is InChI=1S/C16H16BrN3O3/c1-22-14-8-12(9-19-20-16(18)21)7-13(17)15(14)23-10-11-5-3-2-4-6-11/h2-9H,10H2,1H3,(H3,18,20,21)/b19-9-. The predicted octanol–water partition coefficient (Wildman–Crippen LogP) is 3.04. The van der Waals surface area contributed by atoms with Gasteiger partial charge in [0, 0.05) is 0 Å². The molecule has 0 fully saturated rings. The molecule has 2 rings (SSSR count). The third-order valence-corrected chi connectivity index (χ3v) is 3.46. The molecule has 2 aromatic carbocycles. The first kappa shape index (κ1) is 16.8. The number of hydrogen-bond donors (Lipinski definition) is 2. The molecule has 0 radical (unpaired) electrons. The van der Waals surface area contributed by atoms with Gasteiger partial charge in [0.2, 0.25) is 0 Å². The van der Waals surface area contributed by atoms with Crippen LogP contribution in [0.2, 0.25) is 0 Å². The van der Waals surface area contributed by atoms with E-state index in [1.165, 1.54) is 6.21 Å². The van der Waals surface area contributed by atoms with E-state index in [2.05, 4.69) is 26.5 Å². The largest absolute Gasteiger partial charge is 0.493 e. The monoisotopic (exact) mass is 377 g/mol. The summed E-state index contributed by atoms with van der Waals surface area (Å²) in [6.45, 7) is 0.423. The van der Waals surface area contributed by atoms with E-state index in [4.69, 9.17) is 15.2 Å². The van der Waals surface area contributed by atoms with E-state index in [0.717, 1.165) is 11.1 Å². The molecule has 0 aliphatic carbocycles. The van der Waals surface area contributed by atoms with Gasteiger partial charge in [0.1, 0.15) is 6.61 Å². The summed E-state index contributed by atoms with van der Waals surface area (Å²) < 4.78 is 11.9. The number of carbonyl (C=O) groups excluding carboxylic acids is 1. The second-order valence-corrected chi connectivity index (χ2v) is 5.40. The average Bonchev–Trinajstić information content (AvgIpc) is 2.54. The van der Waals surface area contributed by atoms with Crippen molar-refractivity contribution in [2.24, 2.45) is 10.8 Å². The second kappa shape index (κ2) is 8.19. The number of hydrazone groups is 1. The van der Waals surface area contributed by atoms with Gasteiger partial charge in [-0.3, -0.25) is 0 Å². The van der Waals surface area contributed by atoms with Gasteiger partial charge in [-0.2, -0.15) is 5.10 Å². The number of hydrogen-bond acceptors (Lipinski definition) is 4. The molecule has 0 saturated heterocycles. The lowest BCUT2D eigenvalue weighted by Gasteiger charge is -2.13. The molecular formula is C16H16BrN3O3. The van der Waals surface area contributed by atoms with Crippen molar-refractivity contribution in [3.8, 4) is 11.5 Å². The van der Waals surface area contributed by atoms with Crippen LogP contribution in [0.5, 0.6) is 11.5 Å². The minimum Gasteiger partial charge on any atom is -0.493 e. The number of primary amides is 1. The predicted molar refractivity (Wildman–Crippen MR) is 91.8 cm³/mol. The second-order valence-electron chi connectivity index (χ2n) is 4.54. The molecule has 0 unspecified atom stereocenters. The summed E-state index contributed by atoms with van der Waals surface area (Å²) in [5.41, 5.74) is 8.85. The van der Waals surface area contributed by atoms with Crippen molar-refractivity contribution < 1.29 is 14.3 Å². The number of amides is 2. The van der Waals surface area contributed by atoms with Crippen LogP contribution in [0.15, 0.2) is 52.0 Å². The van der Waals surface area contributed by atoms with Gasteiger partial charge in [-0.15, -0.1) is 0 Å². The molecule has 0 aromatic heterocycles. The summed E-state index contributed by atoms with van der Waals surface area (Å²) in [6, 6.07) is 12.6. The molecule has 6 nitrogen and oxygen atoms in total. The van der Waals surface area contributed by atoms with Gasteiger partial charge in [0.05, 0.1) is 17.8 Å². The molecule has 0 bridgehead atoms. The molecule has 0 saturated carbocycles. The highest BCUT2D eigenvalue weighted by atomic mass is 79.9. The van der Waals surface area contributed by atoms with Gasteiger partial charge in [-0.05, 0) is 39.2 Å². The Morgan fingerprint density at radius 1 is 1.35 bits per heavy atom. The zero-order valence-corrected chi connectivity index (χ0v) is 14.0. The van der Waals surface area contributed by atoms with Crippen LogP contribution in [0, 0.1) is 0 Å². The van der Waals surface area contributed by atoms with Crippen molar-refractivity contribution in [1.82, 2.24) is 5.43 Å². The molecule has 0 aliphatic rings. The molecular weight excluding hydrogens is 362 g/mol. The number of urea groups is 1. The number of halogens is 1. The lowest BCUT2D eigenvalue weighted by molar-refractivity contribution is 0.249. The Balaban J connectivity index is 2.16. The number of carbonyl (C=O) groups is 1. The van der Waals surface area contributed by atoms with Crippen molar-refractivity contribution in [2.75, 3.05) is 7.11 Å². The zero-order chi connectivity index (χ0) is 16.7. The van der Waals surface area contributed by atoms with E-state index in [1.54, 1.807) is 19.2 Å². The van der Waals surface area contributed by atoms with Crippen LogP contribution in [0.25, 0.3) is 0 Å². The van der Waals surface area contributed by atoms with Crippen LogP contribution < -0.4 is 20.6 Å². The molecule has 120 valence electrons. The number of benzene rings is 2. The van der Waals surface area contributed by atoms with E-state index in [1.807, 2.05) is 30.3 Å². The summed E-state index contributed by atoms with van der Waals surface area (Å²) in [5, 5.41) is 3.71. The van der Waals surface area contributed by atoms with Crippen molar-refractivity contribution in [2.45, 2.75) is 6.61 Å². The van der Waals surface area contributed by atoms with Gasteiger partial charge < -0.3 is 15.2 Å². The van der Waals surface area contributed by atoms with E-state index in [-0.39, 0.29) is 0 Å². The van der Waals surface area contributed by atoms with E-state index < -0.39 is 6.03 Å². The summed E-state index contributed by atoms with van der Waals surface area (Å²) in [7, 11) is 1.56. The minimum absolute atomic E-state index is 0.423. The number of nitrogens with two attached hydrogens (primary N) is 1.